The molecule has 83 heavy (non-hydrogen) atoms. The maximum absolute atomic E-state index is 13.2. The van der Waals surface area contributed by atoms with Gasteiger partial charge in [-0.2, -0.15) is 0 Å². The minimum absolute atomic E-state index is 0.0513. The molecular weight excluding hydrogens is 1040 g/mol. The van der Waals surface area contributed by atoms with Crippen LogP contribution in [0.2, 0.25) is 0 Å². The van der Waals surface area contributed by atoms with Gasteiger partial charge >= 0.3 is 23.9 Å². The fourth-order valence-electron chi connectivity index (χ4n) is 10.2. The Morgan fingerprint density at radius 1 is 0.398 bits per heavy atom. The molecule has 1 rings (SSSR count). The first-order chi connectivity index (χ1) is 40.6. The van der Waals surface area contributed by atoms with Crippen LogP contribution in [0.25, 0.3) is 0 Å². The Kier molecular flexibility index (Phi) is 54.8. The molecule has 0 radical (unpaired) electrons. The van der Waals surface area contributed by atoms with Crippen molar-refractivity contribution in [1.82, 2.24) is 0 Å². The number of ether oxygens (including phenoxy) is 5. The fraction of sp³-hybridized carbons (Fsp3) is 0.803. The molecule has 1 heterocycles. The molecule has 6 atom stereocenters. The molecule has 0 spiro atoms. The van der Waals surface area contributed by atoms with E-state index in [1.54, 1.807) is 0 Å². The molecule has 1 saturated heterocycles. The van der Waals surface area contributed by atoms with Gasteiger partial charge < -0.3 is 39.0 Å². The van der Waals surface area contributed by atoms with Crippen molar-refractivity contribution in [1.29, 1.82) is 0 Å². The average Bonchev–Trinajstić information content (AvgIpc) is 3.59. The fourth-order valence-corrected chi connectivity index (χ4v) is 10.2. The van der Waals surface area contributed by atoms with Crippen molar-refractivity contribution in [3.8, 4) is 0 Å². The van der Waals surface area contributed by atoms with E-state index in [2.05, 4.69) is 81.5 Å². The Hall–Kier alpha value is -3.58. The number of rotatable bonds is 59. The maximum Gasteiger partial charge on any atom is 0.335 e. The van der Waals surface area contributed by atoms with Gasteiger partial charge in [0.15, 0.2) is 24.6 Å². The molecule has 0 aromatic heterocycles. The molecule has 1 fully saturated rings. The number of carboxylic acids is 1. The van der Waals surface area contributed by atoms with E-state index in [0.29, 0.717) is 19.3 Å². The lowest BCUT2D eigenvalue weighted by atomic mass is 9.98. The minimum Gasteiger partial charge on any atom is -0.479 e. The third-order valence-electron chi connectivity index (χ3n) is 15.5. The number of aliphatic hydroxyl groups is 2. The maximum atomic E-state index is 13.2. The van der Waals surface area contributed by atoms with Gasteiger partial charge in [0, 0.05) is 19.3 Å². The van der Waals surface area contributed by atoms with Crippen LogP contribution in [0, 0.1) is 0 Å². The summed E-state index contributed by atoms with van der Waals surface area (Å²) < 4.78 is 28.6. The zero-order valence-electron chi connectivity index (χ0n) is 53.2. The van der Waals surface area contributed by atoms with Crippen LogP contribution in [-0.2, 0) is 42.9 Å². The van der Waals surface area contributed by atoms with E-state index < -0.39 is 67.3 Å². The summed E-state index contributed by atoms with van der Waals surface area (Å²) in [4.78, 5) is 51.4. The number of esters is 3. The van der Waals surface area contributed by atoms with Crippen LogP contribution in [0.3, 0.4) is 0 Å². The Morgan fingerprint density at radius 2 is 0.723 bits per heavy atom. The van der Waals surface area contributed by atoms with Gasteiger partial charge in [-0.3, -0.25) is 14.4 Å². The van der Waals surface area contributed by atoms with Crippen molar-refractivity contribution in [2.24, 2.45) is 0 Å². The lowest BCUT2D eigenvalue weighted by molar-refractivity contribution is -0.301. The molecule has 0 bridgehead atoms. The van der Waals surface area contributed by atoms with E-state index in [4.69, 9.17) is 23.7 Å². The largest absolute Gasteiger partial charge is 0.479 e. The number of carboxylic acid groups (broad SMARTS) is 1. The number of aliphatic hydroxyl groups excluding tert-OH is 2. The van der Waals surface area contributed by atoms with E-state index in [0.717, 1.165) is 122 Å². The van der Waals surface area contributed by atoms with Gasteiger partial charge in [-0.1, -0.05) is 248 Å². The smallest absolute Gasteiger partial charge is 0.335 e. The third kappa shape index (κ3) is 48.3. The van der Waals surface area contributed by atoms with E-state index >= 15 is 0 Å². The highest BCUT2D eigenvalue weighted by molar-refractivity contribution is 5.74. The Balaban J connectivity index is 2.65. The first kappa shape index (κ1) is 77.4. The van der Waals surface area contributed by atoms with Gasteiger partial charge in [0.05, 0.1) is 6.61 Å². The van der Waals surface area contributed by atoms with Crippen molar-refractivity contribution < 1.29 is 58.2 Å². The number of allylic oxidation sites excluding steroid dienone is 10. The van der Waals surface area contributed by atoms with Crippen LogP contribution in [0.1, 0.15) is 316 Å². The van der Waals surface area contributed by atoms with Crippen molar-refractivity contribution in [3.05, 3.63) is 60.8 Å². The van der Waals surface area contributed by atoms with Crippen molar-refractivity contribution in [3.63, 3.8) is 0 Å². The van der Waals surface area contributed by atoms with Crippen LogP contribution >= 0.6 is 0 Å². The van der Waals surface area contributed by atoms with E-state index in [-0.39, 0.29) is 25.9 Å². The van der Waals surface area contributed by atoms with Crippen LogP contribution < -0.4 is 0 Å². The molecule has 6 unspecified atom stereocenters. The van der Waals surface area contributed by atoms with Gasteiger partial charge in [0.2, 0.25) is 0 Å². The molecular formula is C71H124O12. The molecule has 1 aliphatic rings. The minimum atomic E-state index is -1.91. The summed E-state index contributed by atoms with van der Waals surface area (Å²) in [7, 11) is 0. The summed E-state index contributed by atoms with van der Waals surface area (Å²) in [6, 6.07) is 0. The number of carbonyl (C=O) groups excluding carboxylic acids is 3. The monoisotopic (exact) mass is 1170 g/mol. The summed E-state index contributed by atoms with van der Waals surface area (Å²) in [5.41, 5.74) is 0. The number of carbonyl (C=O) groups is 4. The van der Waals surface area contributed by atoms with Gasteiger partial charge in [-0.25, -0.2) is 4.79 Å². The molecule has 0 amide bonds. The summed E-state index contributed by atoms with van der Waals surface area (Å²) in [5, 5.41) is 31.6. The topological polar surface area (TPSA) is 175 Å². The molecule has 12 nitrogen and oxygen atoms in total. The molecule has 3 N–H and O–H groups in total. The molecule has 0 saturated carbocycles. The summed E-state index contributed by atoms with van der Waals surface area (Å²) >= 11 is 0. The van der Waals surface area contributed by atoms with Gasteiger partial charge in [-0.15, -0.1) is 0 Å². The highest BCUT2D eigenvalue weighted by Gasteiger charge is 2.50. The van der Waals surface area contributed by atoms with Crippen LogP contribution in [-0.4, -0.2) is 89.2 Å². The Morgan fingerprint density at radius 3 is 1.12 bits per heavy atom. The zero-order chi connectivity index (χ0) is 60.3. The highest BCUT2D eigenvalue weighted by Crippen LogP contribution is 2.27. The third-order valence-corrected chi connectivity index (χ3v) is 15.5. The highest BCUT2D eigenvalue weighted by atomic mass is 16.7. The molecule has 1 aliphatic heterocycles. The van der Waals surface area contributed by atoms with Crippen LogP contribution in [0.15, 0.2) is 60.8 Å². The van der Waals surface area contributed by atoms with Crippen molar-refractivity contribution in [2.45, 2.75) is 353 Å². The van der Waals surface area contributed by atoms with Crippen molar-refractivity contribution in [2.75, 3.05) is 13.2 Å². The molecule has 0 aliphatic carbocycles. The van der Waals surface area contributed by atoms with E-state index in [1.165, 1.54) is 135 Å². The normalized spacial score (nSPS) is 17.9. The number of aliphatic carboxylic acids is 1. The van der Waals surface area contributed by atoms with E-state index in [9.17, 15) is 34.5 Å². The second-order valence-electron chi connectivity index (χ2n) is 23.5. The number of unbranched alkanes of at least 4 members (excludes halogenated alkanes) is 35. The van der Waals surface area contributed by atoms with Crippen LogP contribution in [0.5, 0.6) is 0 Å². The standard InChI is InChI=1S/C71H124O12/c1-4-7-10-13-16-19-22-25-28-31-32-35-36-39-42-45-48-51-54-57-63(72)79-60-62(81-64(73)58-55-52-49-46-43-40-37-33-29-26-23-20-17-14-11-8-5-2)61-80-71-69(67(76)66(75)68(83-71)70(77)78)82-65(74)59-56-53-50-47-44-41-38-34-30-27-24-21-18-15-12-9-6-3/h16,18-19,21,25-30,62,66-69,71,75-76H,4-15,17,20,22-24,31-61H2,1-3H3,(H,77,78)/b19-16-,21-18-,28-25-,29-26-,30-27-. The predicted molar refractivity (Wildman–Crippen MR) is 340 cm³/mol. The van der Waals surface area contributed by atoms with Gasteiger partial charge in [-0.05, 0) is 109 Å². The number of hydrogen-bond donors (Lipinski definition) is 3. The van der Waals surface area contributed by atoms with E-state index in [1.807, 2.05) is 0 Å². The Labute approximate surface area is 506 Å². The lowest BCUT2D eigenvalue weighted by Gasteiger charge is -2.40. The summed E-state index contributed by atoms with van der Waals surface area (Å²) in [6.45, 7) is 5.98. The van der Waals surface area contributed by atoms with Crippen LogP contribution in [0.4, 0.5) is 0 Å². The molecule has 0 aromatic rings. The second-order valence-corrected chi connectivity index (χ2v) is 23.5. The molecule has 480 valence electrons. The molecule has 12 heteroatoms. The van der Waals surface area contributed by atoms with Gasteiger partial charge in [0.1, 0.15) is 18.8 Å². The first-order valence-corrected chi connectivity index (χ1v) is 34.3. The average molecular weight is 1170 g/mol. The summed E-state index contributed by atoms with van der Waals surface area (Å²) in [6.07, 6.45) is 61.6. The van der Waals surface area contributed by atoms with Gasteiger partial charge in [0.25, 0.3) is 0 Å². The Bertz CT molecular complexity index is 1670. The van der Waals surface area contributed by atoms with Crippen molar-refractivity contribution >= 4 is 23.9 Å². The molecule has 0 aromatic carbocycles. The number of hydrogen-bond acceptors (Lipinski definition) is 11. The SMILES string of the molecule is CCCCC/C=C\C/C=C\CCCCCCCCCCCC(=O)OCC(COC1OC(C(=O)O)C(O)C(O)C1OC(=O)CCCCCCCCC/C=C\C/C=C\CCCCC)OC(=O)CCCCCCCCC/C=C\CCCCCCCC. The predicted octanol–water partition coefficient (Wildman–Crippen LogP) is 18.7. The zero-order valence-corrected chi connectivity index (χ0v) is 53.2. The summed E-state index contributed by atoms with van der Waals surface area (Å²) in [5.74, 6) is -3.12. The second kappa shape index (κ2) is 58.8. The quantitative estimate of drug-likeness (QED) is 0.0228. The first-order valence-electron chi connectivity index (χ1n) is 34.3. The lowest BCUT2D eigenvalue weighted by Crippen LogP contribution is -2.61.